The van der Waals surface area contributed by atoms with Crippen molar-refractivity contribution in [2.75, 3.05) is 0 Å². The lowest BCUT2D eigenvalue weighted by Crippen LogP contribution is -2.40. The van der Waals surface area contributed by atoms with E-state index >= 15 is 0 Å². The largest absolute Gasteiger partial charge is 0.481 e. The molecule has 0 amide bonds. The van der Waals surface area contributed by atoms with Crippen molar-refractivity contribution in [1.82, 2.24) is 0 Å². The van der Waals surface area contributed by atoms with Gasteiger partial charge in [0.05, 0.1) is 17.1 Å². The van der Waals surface area contributed by atoms with Crippen LogP contribution in [0.15, 0.2) is 0 Å². The average Bonchev–Trinajstić information content (AvgIpc) is 3.16. The summed E-state index contributed by atoms with van der Waals surface area (Å²) < 4.78 is 6.47. The molecule has 3 heteroatoms. The van der Waals surface area contributed by atoms with Gasteiger partial charge in [-0.2, -0.15) is 0 Å². The maximum atomic E-state index is 12.0. The highest BCUT2D eigenvalue weighted by Crippen LogP contribution is 2.59. The smallest absolute Gasteiger partial charge is 0.310 e. The zero-order valence-electron chi connectivity index (χ0n) is 13.0. The molecule has 1 N–H and O–H groups in total. The third-order valence-corrected chi connectivity index (χ3v) is 7.10. The second kappa shape index (κ2) is 4.97. The molecule has 0 aromatic rings. The predicted octanol–water partition coefficient (Wildman–Crippen LogP) is 4.15. The highest BCUT2D eigenvalue weighted by molar-refractivity contribution is 5.76. The Kier molecular flexibility index (Phi) is 3.33. The molecule has 4 unspecified atom stereocenters. The fourth-order valence-electron chi connectivity index (χ4n) is 6.05. The Bertz CT molecular complexity index is 426. The molecule has 4 fully saturated rings. The van der Waals surface area contributed by atoms with Crippen LogP contribution in [0.3, 0.4) is 0 Å². The molecular formula is C18H28O3. The van der Waals surface area contributed by atoms with Crippen molar-refractivity contribution >= 4 is 5.97 Å². The molecule has 2 bridgehead atoms. The monoisotopic (exact) mass is 292 g/mol. The summed E-state index contributed by atoms with van der Waals surface area (Å²) >= 11 is 0. The van der Waals surface area contributed by atoms with Gasteiger partial charge in [0.15, 0.2) is 0 Å². The molecular weight excluding hydrogens is 264 g/mol. The van der Waals surface area contributed by atoms with E-state index in [0.717, 1.165) is 32.1 Å². The zero-order valence-corrected chi connectivity index (χ0v) is 13.0. The number of hydrogen-bond donors (Lipinski definition) is 1. The summed E-state index contributed by atoms with van der Waals surface area (Å²) in [5.74, 6) is 0.561. The molecule has 118 valence electrons. The minimum Gasteiger partial charge on any atom is -0.481 e. The lowest BCUT2D eigenvalue weighted by atomic mass is 9.69. The first-order chi connectivity index (χ1) is 10.1. The van der Waals surface area contributed by atoms with Crippen molar-refractivity contribution in [1.29, 1.82) is 0 Å². The van der Waals surface area contributed by atoms with E-state index in [0.29, 0.717) is 11.8 Å². The summed E-state index contributed by atoms with van der Waals surface area (Å²) in [7, 11) is 0. The Balaban J connectivity index is 1.46. The van der Waals surface area contributed by atoms with Crippen LogP contribution in [0.4, 0.5) is 0 Å². The van der Waals surface area contributed by atoms with Crippen LogP contribution in [0, 0.1) is 17.3 Å². The second-order valence-corrected chi connectivity index (χ2v) is 8.27. The number of ether oxygens (including phenoxy) is 1. The first kappa shape index (κ1) is 14.0. The maximum absolute atomic E-state index is 12.0. The van der Waals surface area contributed by atoms with E-state index < -0.39 is 11.4 Å². The maximum Gasteiger partial charge on any atom is 0.310 e. The van der Waals surface area contributed by atoms with Gasteiger partial charge in [-0.25, -0.2) is 0 Å². The van der Waals surface area contributed by atoms with E-state index in [1.807, 2.05) is 0 Å². The fraction of sp³-hybridized carbons (Fsp3) is 0.944. The normalized spacial score (nSPS) is 44.5. The number of carboxylic acids is 1. The number of carbonyl (C=O) groups is 1. The Morgan fingerprint density at radius 2 is 1.90 bits per heavy atom. The number of rotatable bonds is 3. The third kappa shape index (κ3) is 2.23. The van der Waals surface area contributed by atoms with Gasteiger partial charge >= 0.3 is 5.97 Å². The van der Waals surface area contributed by atoms with Crippen LogP contribution in [0.5, 0.6) is 0 Å². The second-order valence-electron chi connectivity index (χ2n) is 8.27. The first-order valence-corrected chi connectivity index (χ1v) is 9.03. The number of hydrogen-bond acceptors (Lipinski definition) is 2. The summed E-state index contributed by atoms with van der Waals surface area (Å²) in [4.78, 5) is 12.0. The molecule has 3 saturated carbocycles. The van der Waals surface area contributed by atoms with Crippen molar-refractivity contribution < 1.29 is 14.6 Å². The predicted molar refractivity (Wildman–Crippen MR) is 80.1 cm³/mol. The molecule has 1 aliphatic heterocycles. The molecule has 4 rings (SSSR count). The summed E-state index contributed by atoms with van der Waals surface area (Å²) in [5.41, 5.74) is -0.325. The Morgan fingerprint density at radius 3 is 2.52 bits per heavy atom. The van der Waals surface area contributed by atoms with Gasteiger partial charge < -0.3 is 9.84 Å². The van der Waals surface area contributed by atoms with Crippen LogP contribution in [-0.4, -0.2) is 22.8 Å². The Hall–Kier alpha value is -0.570. The van der Waals surface area contributed by atoms with Gasteiger partial charge in [0.2, 0.25) is 0 Å². The van der Waals surface area contributed by atoms with Gasteiger partial charge in [0.25, 0.3) is 0 Å². The van der Waals surface area contributed by atoms with Gasteiger partial charge in [-0.15, -0.1) is 0 Å². The van der Waals surface area contributed by atoms with Gasteiger partial charge in [-0.3, -0.25) is 4.79 Å². The molecule has 3 aliphatic carbocycles. The third-order valence-electron chi connectivity index (χ3n) is 7.10. The van der Waals surface area contributed by atoms with Crippen LogP contribution in [0.1, 0.15) is 77.0 Å². The van der Waals surface area contributed by atoms with Crippen LogP contribution < -0.4 is 0 Å². The minimum absolute atomic E-state index is 0.125. The summed E-state index contributed by atoms with van der Waals surface area (Å²) in [6.45, 7) is 0. The van der Waals surface area contributed by atoms with Gasteiger partial charge in [-0.1, -0.05) is 25.7 Å². The van der Waals surface area contributed by atoms with Gasteiger partial charge in [0.1, 0.15) is 0 Å². The van der Waals surface area contributed by atoms with Crippen LogP contribution in [0.25, 0.3) is 0 Å². The molecule has 1 saturated heterocycles. The average molecular weight is 292 g/mol. The molecule has 0 radical (unpaired) electrons. The molecule has 0 aromatic heterocycles. The summed E-state index contributed by atoms with van der Waals surface area (Å²) in [6, 6.07) is 0. The SMILES string of the molecule is O=C(O)C1(CC2CCC3(CCCCC3)O2)CC2CCC1C2. The van der Waals surface area contributed by atoms with Crippen molar-refractivity contribution in [3.05, 3.63) is 0 Å². The van der Waals surface area contributed by atoms with E-state index in [-0.39, 0.29) is 11.7 Å². The van der Waals surface area contributed by atoms with Crippen molar-refractivity contribution in [3.63, 3.8) is 0 Å². The Morgan fingerprint density at radius 1 is 1.10 bits per heavy atom. The van der Waals surface area contributed by atoms with Crippen LogP contribution in [-0.2, 0) is 9.53 Å². The topological polar surface area (TPSA) is 46.5 Å². The van der Waals surface area contributed by atoms with Crippen LogP contribution in [0.2, 0.25) is 0 Å². The molecule has 4 aliphatic rings. The molecule has 21 heavy (non-hydrogen) atoms. The van der Waals surface area contributed by atoms with Gasteiger partial charge in [0, 0.05) is 0 Å². The van der Waals surface area contributed by atoms with E-state index in [1.54, 1.807) is 0 Å². The number of aliphatic carboxylic acids is 1. The summed E-state index contributed by atoms with van der Waals surface area (Å²) in [5, 5.41) is 9.89. The fourth-order valence-corrected chi connectivity index (χ4v) is 6.05. The van der Waals surface area contributed by atoms with Crippen molar-refractivity contribution in [3.8, 4) is 0 Å². The number of fused-ring (bicyclic) bond motifs is 2. The molecule has 1 spiro atoms. The van der Waals surface area contributed by atoms with Crippen LogP contribution >= 0.6 is 0 Å². The highest BCUT2D eigenvalue weighted by Gasteiger charge is 2.57. The van der Waals surface area contributed by atoms with E-state index in [9.17, 15) is 9.90 Å². The lowest BCUT2D eigenvalue weighted by molar-refractivity contribution is -0.157. The quantitative estimate of drug-likeness (QED) is 0.850. The Labute approximate surface area is 127 Å². The van der Waals surface area contributed by atoms with E-state index in [4.69, 9.17) is 4.74 Å². The van der Waals surface area contributed by atoms with Gasteiger partial charge in [-0.05, 0) is 63.2 Å². The van der Waals surface area contributed by atoms with Crippen molar-refractivity contribution in [2.24, 2.45) is 17.3 Å². The molecule has 0 aromatic carbocycles. The standard InChI is InChI=1S/C18H28O3/c19-16(20)18(11-13-4-5-14(18)10-13)12-15-6-9-17(21-15)7-2-1-3-8-17/h13-15H,1-12H2,(H,19,20). The molecule has 3 nitrogen and oxygen atoms in total. The lowest BCUT2D eigenvalue weighted by Gasteiger charge is -2.37. The first-order valence-electron chi connectivity index (χ1n) is 9.03. The number of carboxylic acid groups (broad SMARTS) is 1. The summed E-state index contributed by atoms with van der Waals surface area (Å²) in [6.07, 6.45) is 14.1. The van der Waals surface area contributed by atoms with E-state index in [1.165, 1.54) is 44.9 Å². The molecule has 1 heterocycles. The zero-order chi connectivity index (χ0) is 14.5. The molecule has 4 atom stereocenters. The highest BCUT2D eigenvalue weighted by atomic mass is 16.5. The van der Waals surface area contributed by atoms with E-state index in [2.05, 4.69) is 0 Å². The van der Waals surface area contributed by atoms with Crippen molar-refractivity contribution in [2.45, 2.75) is 88.8 Å². The minimum atomic E-state index is -0.539.